The number of hydrogen-bond acceptors (Lipinski definition) is 6. The van der Waals surface area contributed by atoms with Gasteiger partial charge in [0.15, 0.2) is 0 Å². The van der Waals surface area contributed by atoms with Crippen molar-refractivity contribution < 1.29 is 37.0 Å². The number of aromatic amines is 1. The van der Waals surface area contributed by atoms with E-state index in [9.17, 15) is 32.3 Å². The van der Waals surface area contributed by atoms with Gasteiger partial charge in [0.05, 0.1) is 24.2 Å². The summed E-state index contributed by atoms with van der Waals surface area (Å²) in [7, 11) is 0. The smallest absolute Gasteiger partial charge is 0.443 e. The molecule has 0 radical (unpaired) electrons. The predicted octanol–water partition coefficient (Wildman–Crippen LogP) is 2.04. The lowest BCUT2D eigenvalue weighted by atomic mass is 9.95. The summed E-state index contributed by atoms with van der Waals surface area (Å²) < 4.78 is 50.1. The lowest BCUT2D eigenvalue weighted by Crippen LogP contribution is -2.57. The second kappa shape index (κ2) is 11.1. The van der Waals surface area contributed by atoms with Crippen LogP contribution in [0.3, 0.4) is 0 Å². The van der Waals surface area contributed by atoms with E-state index in [2.05, 4.69) is 9.72 Å². The maximum atomic E-state index is 13.3. The number of para-hydroxylation sites is 2. The molecule has 3 aromatic rings. The zero-order chi connectivity index (χ0) is 27.4. The summed E-state index contributed by atoms with van der Waals surface area (Å²) in [6, 6.07) is 13.8. The van der Waals surface area contributed by atoms with Gasteiger partial charge in [-0.25, -0.2) is 9.59 Å². The van der Waals surface area contributed by atoms with E-state index < -0.39 is 54.4 Å². The highest BCUT2D eigenvalue weighted by Crippen LogP contribution is 2.30. The van der Waals surface area contributed by atoms with Gasteiger partial charge in [0, 0.05) is 12.6 Å². The third-order valence-corrected chi connectivity index (χ3v) is 6.31. The zero-order valence-corrected chi connectivity index (χ0v) is 20.0. The fourth-order valence-electron chi connectivity index (χ4n) is 4.55. The molecule has 0 saturated carbocycles. The van der Waals surface area contributed by atoms with E-state index >= 15 is 0 Å². The van der Waals surface area contributed by atoms with Gasteiger partial charge in [0.1, 0.15) is 6.04 Å². The molecular formula is C25H25F3N4O6. The molecule has 1 fully saturated rings. The number of esters is 1. The number of H-pyrrole nitrogens is 1. The van der Waals surface area contributed by atoms with Crippen LogP contribution in [-0.2, 0) is 30.5 Å². The molecule has 13 heteroatoms. The van der Waals surface area contributed by atoms with Crippen molar-refractivity contribution in [1.82, 2.24) is 14.5 Å². The molecule has 3 unspecified atom stereocenters. The minimum Gasteiger partial charge on any atom is -0.443 e. The Morgan fingerprint density at radius 2 is 1.76 bits per heavy atom. The number of piperidine rings is 1. The van der Waals surface area contributed by atoms with Crippen LogP contribution in [0.5, 0.6) is 0 Å². The molecule has 202 valence electrons. The number of imidazole rings is 1. The number of nitrogens with zero attached hydrogens (tertiary/aromatic N) is 2. The average Bonchev–Trinajstić information content (AvgIpc) is 3.23. The number of benzene rings is 2. The number of alkyl halides is 3. The van der Waals surface area contributed by atoms with Crippen LogP contribution in [0.2, 0.25) is 0 Å². The quantitative estimate of drug-likeness (QED) is 0.425. The Kier molecular flexibility index (Phi) is 7.86. The predicted molar refractivity (Wildman–Crippen MR) is 128 cm³/mol. The lowest BCUT2D eigenvalue weighted by molar-refractivity contribution is -0.209. The third kappa shape index (κ3) is 5.88. The van der Waals surface area contributed by atoms with Gasteiger partial charge in [0.2, 0.25) is 12.0 Å². The van der Waals surface area contributed by atoms with Gasteiger partial charge in [-0.05, 0) is 30.5 Å². The number of nitrogens with two attached hydrogens (primary N) is 1. The molecule has 4 rings (SSSR count). The molecule has 0 spiro atoms. The average molecular weight is 534 g/mol. The number of hydrogen-bond donors (Lipinski definition) is 2. The summed E-state index contributed by atoms with van der Waals surface area (Å²) >= 11 is 0. The summed E-state index contributed by atoms with van der Waals surface area (Å²) in [6.45, 7) is -0.857. The number of fused-ring (bicyclic) bond motifs is 1. The van der Waals surface area contributed by atoms with Crippen molar-refractivity contribution in [3.05, 3.63) is 70.6 Å². The summed E-state index contributed by atoms with van der Waals surface area (Å²) in [5.41, 5.74) is 7.01. The first-order valence-electron chi connectivity index (χ1n) is 11.7. The summed E-state index contributed by atoms with van der Waals surface area (Å²) in [5.74, 6) is -4.53. The van der Waals surface area contributed by atoms with Crippen LogP contribution in [0.4, 0.5) is 13.2 Å². The summed E-state index contributed by atoms with van der Waals surface area (Å²) in [6.07, 6.45) is -7.18. The Hall–Kier alpha value is -4.13. The standard InChI is InChI=1S/C25H25F3N4O6/c26-25(27,28)23(35)38-20(14-37-13-15-6-2-1-3-7-15)22(34)31-11-10-16(12-19(31)21(29)33)32-18-9-5-4-8-17(18)30-24(32)36/h1-9,16,19-20H,10-14H2,(H2,29,33)(H,30,36). The van der Waals surface area contributed by atoms with Crippen LogP contribution in [0.15, 0.2) is 59.4 Å². The van der Waals surface area contributed by atoms with Crippen molar-refractivity contribution in [1.29, 1.82) is 0 Å². The van der Waals surface area contributed by atoms with Crippen molar-refractivity contribution in [3.63, 3.8) is 0 Å². The molecule has 2 amide bonds. The second-order valence-corrected chi connectivity index (χ2v) is 8.84. The minimum absolute atomic E-state index is 0.0566. The zero-order valence-electron chi connectivity index (χ0n) is 20.0. The van der Waals surface area contributed by atoms with Crippen LogP contribution >= 0.6 is 0 Å². The highest BCUT2D eigenvalue weighted by Gasteiger charge is 2.46. The van der Waals surface area contributed by atoms with Crippen molar-refractivity contribution in [2.24, 2.45) is 5.73 Å². The number of amides is 2. The number of rotatable bonds is 8. The number of likely N-dealkylation sites (tertiary alicyclic amines) is 1. The molecule has 38 heavy (non-hydrogen) atoms. The molecule has 0 bridgehead atoms. The van der Waals surface area contributed by atoms with Gasteiger partial charge >= 0.3 is 17.8 Å². The second-order valence-electron chi connectivity index (χ2n) is 8.84. The highest BCUT2D eigenvalue weighted by molar-refractivity contribution is 5.90. The molecule has 1 aliphatic rings. The fourth-order valence-corrected chi connectivity index (χ4v) is 4.55. The highest BCUT2D eigenvalue weighted by atomic mass is 19.4. The number of carbonyl (C=O) groups excluding carboxylic acids is 3. The molecule has 10 nitrogen and oxygen atoms in total. The van der Waals surface area contributed by atoms with Gasteiger partial charge in [-0.3, -0.25) is 14.2 Å². The number of aromatic nitrogens is 2. The number of nitrogens with one attached hydrogen (secondary N) is 1. The van der Waals surface area contributed by atoms with Crippen molar-refractivity contribution in [3.8, 4) is 0 Å². The summed E-state index contributed by atoms with van der Waals surface area (Å²) in [5, 5.41) is 0. The van der Waals surface area contributed by atoms with Gasteiger partial charge in [-0.2, -0.15) is 13.2 Å². The van der Waals surface area contributed by atoms with E-state index in [0.717, 1.165) is 4.90 Å². The number of primary amides is 1. The third-order valence-electron chi connectivity index (χ3n) is 6.31. The first-order chi connectivity index (χ1) is 18.1. The van der Waals surface area contributed by atoms with Crippen LogP contribution in [0.25, 0.3) is 11.0 Å². The van der Waals surface area contributed by atoms with E-state index in [1.54, 1.807) is 54.6 Å². The first-order valence-corrected chi connectivity index (χ1v) is 11.7. The normalized spacial score (nSPS) is 18.8. The van der Waals surface area contributed by atoms with E-state index in [-0.39, 0.29) is 26.0 Å². The fraction of sp³-hybridized carbons (Fsp3) is 0.360. The largest absolute Gasteiger partial charge is 0.490 e. The minimum atomic E-state index is -5.34. The van der Waals surface area contributed by atoms with Gasteiger partial charge < -0.3 is 25.1 Å². The number of carbonyl (C=O) groups is 3. The molecule has 2 heterocycles. The van der Waals surface area contributed by atoms with Crippen molar-refractivity contribution in [2.45, 2.75) is 43.8 Å². The maximum Gasteiger partial charge on any atom is 0.490 e. The van der Waals surface area contributed by atoms with Crippen molar-refractivity contribution >= 4 is 28.8 Å². The van der Waals surface area contributed by atoms with Gasteiger partial charge in [-0.1, -0.05) is 42.5 Å². The van der Waals surface area contributed by atoms with Crippen LogP contribution in [0, 0.1) is 0 Å². The van der Waals surface area contributed by atoms with Crippen LogP contribution in [-0.4, -0.2) is 63.7 Å². The Morgan fingerprint density at radius 1 is 1.08 bits per heavy atom. The Balaban J connectivity index is 1.54. The van der Waals surface area contributed by atoms with Gasteiger partial charge in [-0.15, -0.1) is 0 Å². The first kappa shape index (κ1) is 26.9. The van der Waals surface area contributed by atoms with Gasteiger partial charge in [0.25, 0.3) is 5.91 Å². The van der Waals surface area contributed by atoms with E-state index in [1.165, 1.54) is 4.57 Å². The molecule has 1 aliphatic heterocycles. The molecule has 1 aromatic heterocycles. The Bertz CT molecular complexity index is 1370. The molecule has 0 aliphatic carbocycles. The molecule has 3 atom stereocenters. The lowest BCUT2D eigenvalue weighted by Gasteiger charge is -2.39. The topological polar surface area (TPSA) is 137 Å². The van der Waals surface area contributed by atoms with Crippen molar-refractivity contribution in [2.75, 3.05) is 13.2 Å². The maximum absolute atomic E-state index is 13.3. The van der Waals surface area contributed by atoms with Crippen LogP contribution < -0.4 is 11.4 Å². The Morgan fingerprint density at radius 3 is 2.45 bits per heavy atom. The Labute approximate surface area is 214 Å². The molecule has 3 N–H and O–H groups in total. The summed E-state index contributed by atoms with van der Waals surface area (Å²) in [4.78, 5) is 53.6. The van der Waals surface area contributed by atoms with E-state index in [1.807, 2.05) is 0 Å². The molecular weight excluding hydrogens is 509 g/mol. The van der Waals surface area contributed by atoms with E-state index in [0.29, 0.717) is 16.6 Å². The monoisotopic (exact) mass is 534 g/mol. The van der Waals surface area contributed by atoms with Crippen LogP contribution in [0.1, 0.15) is 24.4 Å². The number of ether oxygens (including phenoxy) is 2. The molecule has 1 saturated heterocycles. The van der Waals surface area contributed by atoms with E-state index in [4.69, 9.17) is 10.5 Å². The number of halogens is 3. The molecule has 2 aromatic carbocycles. The SMILES string of the molecule is NC(=O)C1CC(n2c(=O)[nH]c3ccccc32)CCN1C(=O)C(COCc1ccccc1)OC(=O)C(F)(F)F.